The van der Waals surface area contributed by atoms with Crippen LogP contribution in [0, 0.1) is 0 Å². The summed E-state index contributed by atoms with van der Waals surface area (Å²) in [6, 6.07) is 0.562. The van der Waals surface area contributed by atoms with E-state index in [9.17, 15) is 4.79 Å². The Morgan fingerprint density at radius 2 is 2.00 bits per heavy atom. The molecule has 1 heterocycles. The zero-order valence-electron chi connectivity index (χ0n) is 11.6. The number of hydrogen-bond donors (Lipinski definition) is 1. The van der Waals surface area contributed by atoms with E-state index in [0.717, 1.165) is 39.1 Å². The van der Waals surface area contributed by atoms with E-state index in [1.807, 2.05) is 0 Å². The van der Waals surface area contributed by atoms with Gasteiger partial charge in [0.1, 0.15) is 0 Å². The Morgan fingerprint density at radius 1 is 1.41 bits per heavy atom. The second kappa shape index (κ2) is 6.36. The molecule has 1 rings (SSSR count). The lowest BCUT2D eigenvalue weighted by atomic mass is 9.95. The summed E-state index contributed by atoms with van der Waals surface area (Å²) in [7, 11) is 0. The molecule has 0 bridgehead atoms. The molecule has 4 nitrogen and oxygen atoms in total. The monoisotopic (exact) mass is 242 g/mol. The van der Waals surface area contributed by atoms with Gasteiger partial charge in [-0.15, -0.1) is 0 Å². The lowest BCUT2D eigenvalue weighted by molar-refractivity contribution is -0.120. The van der Waals surface area contributed by atoms with E-state index in [-0.39, 0.29) is 11.4 Å². The van der Waals surface area contributed by atoms with E-state index in [1.54, 1.807) is 6.92 Å². The Morgan fingerprint density at radius 3 is 2.53 bits per heavy atom. The number of morpholine rings is 1. The van der Waals surface area contributed by atoms with Crippen molar-refractivity contribution in [2.45, 2.75) is 52.1 Å². The van der Waals surface area contributed by atoms with Crippen LogP contribution in [0.4, 0.5) is 0 Å². The number of nitrogens with one attached hydrogen (secondary N) is 1. The molecule has 0 radical (unpaired) electrons. The van der Waals surface area contributed by atoms with Crippen LogP contribution in [0.25, 0.3) is 0 Å². The Balaban J connectivity index is 2.30. The standard InChI is InChI=1S/C13H26N2O2/c1-11(15-7-9-17-10-8-15)5-6-13(3,4)14-12(2)16/h11H,5-10H2,1-4H3,(H,14,16). The smallest absolute Gasteiger partial charge is 0.217 e. The first-order valence-electron chi connectivity index (χ1n) is 6.51. The van der Waals surface area contributed by atoms with Gasteiger partial charge in [0.15, 0.2) is 0 Å². The van der Waals surface area contributed by atoms with E-state index in [1.165, 1.54) is 0 Å². The van der Waals surface area contributed by atoms with Crippen LogP contribution in [0.15, 0.2) is 0 Å². The summed E-state index contributed by atoms with van der Waals surface area (Å²) in [5.74, 6) is 0.0500. The molecule has 100 valence electrons. The second-order valence-corrected chi connectivity index (χ2v) is 5.60. The fourth-order valence-electron chi connectivity index (χ4n) is 2.31. The molecule has 17 heavy (non-hydrogen) atoms. The van der Waals surface area contributed by atoms with Crippen LogP contribution in [0.2, 0.25) is 0 Å². The Kier molecular flexibility index (Phi) is 5.40. The first-order chi connectivity index (χ1) is 7.91. The lowest BCUT2D eigenvalue weighted by Gasteiger charge is -2.34. The van der Waals surface area contributed by atoms with Crippen molar-refractivity contribution in [3.63, 3.8) is 0 Å². The molecule has 1 N–H and O–H groups in total. The minimum atomic E-state index is -0.105. The maximum atomic E-state index is 11.1. The molecule has 0 saturated carbocycles. The summed E-state index contributed by atoms with van der Waals surface area (Å²) in [6.07, 6.45) is 2.11. The maximum Gasteiger partial charge on any atom is 0.217 e. The number of amides is 1. The number of ether oxygens (including phenoxy) is 1. The largest absolute Gasteiger partial charge is 0.379 e. The normalized spacial score (nSPS) is 20.0. The zero-order valence-corrected chi connectivity index (χ0v) is 11.6. The van der Waals surface area contributed by atoms with Crippen molar-refractivity contribution >= 4 is 5.91 Å². The molecule has 1 saturated heterocycles. The molecular weight excluding hydrogens is 216 g/mol. The van der Waals surface area contributed by atoms with Gasteiger partial charge in [-0.3, -0.25) is 9.69 Å². The van der Waals surface area contributed by atoms with Gasteiger partial charge < -0.3 is 10.1 Å². The van der Waals surface area contributed by atoms with Crippen LogP contribution in [-0.2, 0) is 9.53 Å². The molecular formula is C13H26N2O2. The Hall–Kier alpha value is -0.610. The van der Waals surface area contributed by atoms with Crippen molar-refractivity contribution in [3.8, 4) is 0 Å². The fraction of sp³-hybridized carbons (Fsp3) is 0.923. The van der Waals surface area contributed by atoms with Crippen LogP contribution in [0.3, 0.4) is 0 Å². The number of carbonyl (C=O) groups excluding carboxylic acids is 1. The first kappa shape index (κ1) is 14.5. The molecule has 0 spiro atoms. The van der Waals surface area contributed by atoms with Gasteiger partial charge in [-0.1, -0.05) is 0 Å². The molecule has 0 aromatic carbocycles. The van der Waals surface area contributed by atoms with Gasteiger partial charge in [0.2, 0.25) is 5.91 Å². The first-order valence-corrected chi connectivity index (χ1v) is 6.51. The third kappa shape index (κ3) is 5.50. The predicted octanol–water partition coefficient (Wildman–Crippen LogP) is 1.40. The molecule has 0 aromatic heterocycles. The zero-order chi connectivity index (χ0) is 12.9. The topological polar surface area (TPSA) is 41.6 Å². The third-order valence-electron chi connectivity index (χ3n) is 3.37. The summed E-state index contributed by atoms with van der Waals surface area (Å²) < 4.78 is 5.35. The SMILES string of the molecule is CC(=O)NC(C)(C)CCC(C)N1CCOCC1. The predicted molar refractivity (Wildman–Crippen MR) is 69.0 cm³/mol. The van der Waals surface area contributed by atoms with Gasteiger partial charge in [0, 0.05) is 31.6 Å². The summed E-state index contributed by atoms with van der Waals surface area (Å²) in [5, 5.41) is 3.00. The fourth-order valence-corrected chi connectivity index (χ4v) is 2.31. The highest BCUT2D eigenvalue weighted by Gasteiger charge is 2.22. The van der Waals surface area contributed by atoms with Gasteiger partial charge >= 0.3 is 0 Å². The van der Waals surface area contributed by atoms with Gasteiger partial charge in [0.05, 0.1) is 13.2 Å². The molecule has 1 aliphatic heterocycles. The van der Waals surface area contributed by atoms with Crippen LogP contribution in [0.1, 0.15) is 40.5 Å². The molecule has 1 fully saturated rings. The summed E-state index contributed by atoms with van der Waals surface area (Å²) in [4.78, 5) is 13.5. The molecule has 0 aliphatic carbocycles. The van der Waals surface area contributed by atoms with Crippen LogP contribution in [-0.4, -0.2) is 48.7 Å². The van der Waals surface area contributed by atoms with Crippen molar-refractivity contribution in [1.29, 1.82) is 0 Å². The highest BCUT2D eigenvalue weighted by atomic mass is 16.5. The lowest BCUT2D eigenvalue weighted by Crippen LogP contribution is -2.45. The maximum absolute atomic E-state index is 11.1. The van der Waals surface area contributed by atoms with Crippen molar-refractivity contribution in [2.24, 2.45) is 0 Å². The highest BCUT2D eigenvalue weighted by molar-refractivity contribution is 5.73. The number of nitrogens with zero attached hydrogens (tertiary/aromatic N) is 1. The molecule has 4 heteroatoms. The van der Waals surface area contributed by atoms with E-state index in [2.05, 4.69) is 31.0 Å². The Labute approximate surface area is 105 Å². The summed E-state index contributed by atoms with van der Waals surface area (Å²) in [5.41, 5.74) is -0.105. The molecule has 1 amide bonds. The van der Waals surface area contributed by atoms with Crippen molar-refractivity contribution in [2.75, 3.05) is 26.3 Å². The third-order valence-corrected chi connectivity index (χ3v) is 3.37. The van der Waals surface area contributed by atoms with E-state index < -0.39 is 0 Å². The van der Waals surface area contributed by atoms with Gasteiger partial charge in [-0.2, -0.15) is 0 Å². The average molecular weight is 242 g/mol. The average Bonchev–Trinajstić information content (AvgIpc) is 2.25. The minimum absolute atomic E-state index is 0.0500. The second-order valence-electron chi connectivity index (χ2n) is 5.60. The summed E-state index contributed by atoms with van der Waals surface area (Å²) >= 11 is 0. The molecule has 0 aromatic rings. The molecule has 1 atom stereocenters. The van der Waals surface area contributed by atoms with Crippen LogP contribution < -0.4 is 5.32 Å². The number of rotatable bonds is 5. The van der Waals surface area contributed by atoms with E-state index in [0.29, 0.717) is 6.04 Å². The van der Waals surface area contributed by atoms with Gasteiger partial charge in [0.25, 0.3) is 0 Å². The summed E-state index contributed by atoms with van der Waals surface area (Å²) in [6.45, 7) is 11.8. The molecule has 1 aliphatic rings. The molecule has 1 unspecified atom stereocenters. The van der Waals surface area contributed by atoms with Crippen molar-refractivity contribution in [3.05, 3.63) is 0 Å². The number of carbonyl (C=O) groups is 1. The highest BCUT2D eigenvalue weighted by Crippen LogP contribution is 2.16. The van der Waals surface area contributed by atoms with E-state index in [4.69, 9.17) is 4.74 Å². The quantitative estimate of drug-likeness (QED) is 0.792. The van der Waals surface area contributed by atoms with Gasteiger partial charge in [-0.25, -0.2) is 0 Å². The van der Waals surface area contributed by atoms with Crippen molar-refractivity contribution in [1.82, 2.24) is 10.2 Å². The van der Waals surface area contributed by atoms with Gasteiger partial charge in [-0.05, 0) is 33.6 Å². The Bertz CT molecular complexity index is 248. The van der Waals surface area contributed by atoms with Crippen LogP contribution >= 0.6 is 0 Å². The van der Waals surface area contributed by atoms with Crippen molar-refractivity contribution < 1.29 is 9.53 Å². The van der Waals surface area contributed by atoms with Crippen LogP contribution in [0.5, 0.6) is 0 Å². The minimum Gasteiger partial charge on any atom is -0.379 e. The van der Waals surface area contributed by atoms with E-state index >= 15 is 0 Å². The number of hydrogen-bond acceptors (Lipinski definition) is 3.